The smallest absolute Gasteiger partial charge is 1.00 e. The molecule has 46 valence electrons. The average molecular weight is 149 g/mol. The Balaban J connectivity index is -0.0000000300. The number of hydrogen-bond donors (Lipinski definition) is 0. The van der Waals surface area contributed by atoms with E-state index < -0.39 is 0 Å². The van der Waals surface area contributed by atoms with Crippen LogP contribution in [0.2, 0.25) is 0 Å². The van der Waals surface area contributed by atoms with E-state index in [-0.39, 0.29) is 67.5 Å². The summed E-state index contributed by atoms with van der Waals surface area (Å²) in [6.45, 7) is 8.62. The fourth-order valence-corrected chi connectivity index (χ4v) is 0. The molecule has 0 aromatic rings. The van der Waals surface area contributed by atoms with Crippen LogP contribution in [0.4, 0.5) is 0 Å². The van der Waals surface area contributed by atoms with Gasteiger partial charge in [-0.2, -0.15) is 0 Å². The van der Waals surface area contributed by atoms with E-state index in [1.165, 1.54) is 0 Å². The second kappa shape index (κ2) is 6.20. The van der Waals surface area contributed by atoms with E-state index in [1.54, 1.807) is 0 Å². The number of rotatable bonds is 0. The molecular weight excluding hydrogens is 136 g/mol. The number of hydroxylamine groups is 1. The van der Waals surface area contributed by atoms with Gasteiger partial charge in [-0.25, -0.2) is 4.74 Å². The summed E-state index contributed by atoms with van der Waals surface area (Å²) in [7, 11) is 0. The summed E-state index contributed by atoms with van der Waals surface area (Å²) in [4.78, 5) is 0. The van der Waals surface area contributed by atoms with Crippen LogP contribution in [0.15, 0.2) is 0 Å². The van der Waals surface area contributed by atoms with Crippen molar-refractivity contribution in [2.75, 3.05) is 0 Å². The van der Waals surface area contributed by atoms with Gasteiger partial charge in [-0.05, 0) is 0 Å². The Hall–Kier alpha value is 1.47. The van der Waals surface area contributed by atoms with Gasteiger partial charge in [0.05, 0.1) is 0 Å². The van der Waals surface area contributed by atoms with Crippen LogP contribution >= 0.6 is 0 Å². The molecule has 0 aliphatic rings. The van der Waals surface area contributed by atoms with Crippen LogP contribution in [0.3, 0.4) is 0 Å². The number of nitrogens with zero attached hydrogens (tertiary/aromatic N) is 1. The Morgan fingerprint density at radius 2 is 1.44 bits per heavy atom. The quantitative estimate of drug-likeness (QED) is 0.112. The fourth-order valence-electron chi connectivity index (χ4n) is 0. The standard InChI is InChI=1S/C5H11NO.2Na.2H/c1-5(2,3)6(4)7;;;;/h4H2,1-3H3;;;;/q;2*+1;2*-1. The Morgan fingerprint density at radius 1 is 1.33 bits per heavy atom. The minimum atomic E-state index is -0.333. The molecule has 0 aliphatic heterocycles. The molecule has 9 heavy (non-hydrogen) atoms. The molecule has 0 saturated heterocycles. The first-order valence-corrected chi connectivity index (χ1v) is 2.22. The Morgan fingerprint density at radius 3 is 1.44 bits per heavy atom. The van der Waals surface area contributed by atoms with Crippen molar-refractivity contribution < 1.29 is 66.7 Å². The Bertz CT molecular complexity index is 95.0. The molecule has 0 N–H and O–H groups in total. The molecular formula is C5H13NNa2O. The fraction of sp³-hybridized carbons (Fsp3) is 0.800. The van der Waals surface area contributed by atoms with Crippen LogP contribution < -0.4 is 59.1 Å². The molecule has 0 heterocycles. The first-order valence-electron chi connectivity index (χ1n) is 2.22. The summed E-state index contributed by atoms with van der Waals surface area (Å²) in [5.41, 5.74) is -0.333. The molecule has 0 radical (unpaired) electrons. The summed E-state index contributed by atoms with van der Waals surface area (Å²) in [5, 5.41) is 10.3. The molecule has 0 aromatic carbocycles. The van der Waals surface area contributed by atoms with E-state index in [9.17, 15) is 5.21 Å². The summed E-state index contributed by atoms with van der Waals surface area (Å²) in [6.07, 6.45) is 0. The zero-order valence-electron chi connectivity index (χ0n) is 9.06. The van der Waals surface area contributed by atoms with E-state index >= 15 is 0 Å². The Kier molecular flexibility index (Phi) is 11.6. The van der Waals surface area contributed by atoms with Crippen molar-refractivity contribution >= 4 is 6.72 Å². The third kappa shape index (κ3) is 9.47. The minimum Gasteiger partial charge on any atom is -1.00 e. The predicted molar refractivity (Wildman–Crippen MR) is 32.7 cm³/mol. The van der Waals surface area contributed by atoms with Crippen molar-refractivity contribution in [1.82, 2.24) is 0 Å². The molecule has 0 spiro atoms. The topological polar surface area (TPSA) is 26.1 Å². The van der Waals surface area contributed by atoms with Crippen molar-refractivity contribution in [2.45, 2.75) is 26.3 Å². The van der Waals surface area contributed by atoms with Gasteiger partial charge in [0.2, 0.25) is 0 Å². The molecule has 0 aliphatic carbocycles. The van der Waals surface area contributed by atoms with E-state index in [4.69, 9.17) is 0 Å². The van der Waals surface area contributed by atoms with E-state index in [2.05, 4.69) is 6.72 Å². The Labute approximate surface area is 104 Å². The maximum Gasteiger partial charge on any atom is 1.00 e. The van der Waals surface area contributed by atoms with E-state index in [0.717, 1.165) is 0 Å². The van der Waals surface area contributed by atoms with Crippen LogP contribution in [0.5, 0.6) is 0 Å². The molecule has 0 unspecified atom stereocenters. The van der Waals surface area contributed by atoms with Gasteiger partial charge in [0.25, 0.3) is 0 Å². The number of hydrogen-bond acceptors (Lipinski definition) is 1. The van der Waals surface area contributed by atoms with Crippen LogP contribution in [-0.2, 0) is 0 Å². The molecule has 2 nitrogen and oxygen atoms in total. The third-order valence-electron chi connectivity index (χ3n) is 0.748. The molecule has 0 saturated carbocycles. The van der Waals surface area contributed by atoms with Gasteiger partial charge < -0.3 is 8.06 Å². The van der Waals surface area contributed by atoms with Gasteiger partial charge >= 0.3 is 59.1 Å². The third-order valence-corrected chi connectivity index (χ3v) is 0.748. The normalized spacial score (nSPS) is 8.78. The second-order valence-corrected chi connectivity index (χ2v) is 2.55. The molecule has 0 amide bonds. The predicted octanol–water partition coefficient (Wildman–Crippen LogP) is -4.77. The molecule has 4 heteroatoms. The van der Waals surface area contributed by atoms with E-state index in [0.29, 0.717) is 4.74 Å². The SMILES string of the molecule is C=[N+]([O-])C(C)(C)C.[H-].[H-].[Na+].[Na+]. The van der Waals surface area contributed by atoms with Gasteiger partial charge in [0, 0.05) is 20.8 Å². The minimum absolute atomic E-state index is 0. The zero-order valence-corrected chi connectivity index (χ0v) is 11.1. The van der Waals surface area contributed by atoms with Gasteiger partial charge in [-0.15, -0.1) is 0 Å². The van der Waals surface area contributed by atoms with Crippen molar-refractivity contribution in [3.8, 4) is 0 Å². The molecule has 0 atom stereocenters. The molecule has 0 bridgehead atoms. The van der Waals surface area contributed by atoms with Gasteiger partial charge in [0.15, 0.2) is 5.54 Å². The van der Waals surface area contributed by atoms with Crippen molar-refractivity contribution in [3.63, 3.8) is 0 Å². The van der Waals surface area contributed by atoms with Crippen LogP contribution in [0.25, 0.3) is 0 Å². The van der Waals surface area contributed by atoms with Crippen molar-refractivity contribution in [2.24, 2.45) is 0 Å². The largest absolute Gasteiger partial charge is 1.00 e. The van der Waals surface area contributed by atoms with Crippen LogP contribution in [-0.4, -0.2) is 17.0 Å². The zero-order chi connectivity index (χ0) is 6.08. The van der Waals surface area contributed by atoms with E-state index in [1.807, 2.05) is 20.8 Å². The summed E-state index contributed by atoms with van der Waals surface area (Å²) >= 11 is 0. The maximum absolute atomic E-state index is 10.3. The summed E-state index contributed by atoms with van der Waals surface area (Å²) < 4.78 is 0.688. The van der Waals surface area contributed by atoms with Gasteiger partial charge in [-0.1, -0.05) is 0 Å². The van der Waals surface area contributed by atoms with Crippen LogP contribution in [0.1, 0.15) is 23.6 Å². The molecule has 0 rings (SSSR count). The summed E-state index contributed by atoms with van der Waals surface area (Å²) in [6, 6.07) is 0. The molecule has 0 fully saturated rings. The monoisotopic (exact) mass is 149 g/mol. The average Bonchev–Trinajstić information content (AvgIpc) is 1.31. The van der Waals surface area contributed by atoms with Crippen molar-refractivity contribution in [1.29, 1.82) is 0 Å². The van der Waals surface area contributed by atoms with Gasteiger partial charge in [-0.3, -0.25) is 0 Å². The molecule has 0 aromatic heterocycles. The summed E-state index contributed by atoms with van der Waals surface area (Å²) in [5.74, 6) is 0. The maximum atomic E-state index is 10.3. The first kappa shape index (κ1) is 16.8. The van der Waals surface area contributed by atoms with Gasteiger partial charge in [0.1, 0.15) is 6.72 Å². The first-order chi connectivity index (χ1) is 2.94. The second-order valence-electron chi connectivity index (χ2n) is 2.55. The van der Waals surface area contributed by atoms with Crippen molar-refractivity contribution in [3.05, 3.63) is 5.21 Å². The van der Waals surface area contributed by atoms with Crippen LogP contribution in [0, 0.1) is 5.21 Å².